The number of hydrogen-bond acceptors (Lipinski definition) is 1. The summed E-state index contributed by atoms with van der Waals surface area (Å²) in [5.74, 6) is -2.70. The zero-order chi connectivity index (χ0) is 17.7. The van der Waals surface area contributed by atoms with E-state index in [1.54, 1.807) is 13.0 Å². The summed E-state index contributed by atoms with van der Waals surface area (Å²) < 4.78 is 27.9. The maximum Gasteiger partial charge on any atom is 0.269 e. The number of hydrogen-bond donors (Lipinski definition) is 1. The molecule has 0 atom stereocenters. The molecule has 1 aliphatic rings. The maximum atomic E-state index is 13.9. The lowest BCUT2D eigenvalue weighted by Gasteiger charge is -2.37. The molecule has 0 saturated carbocycles. The Balaban J connectivity index is 2.95. The largest absolute Gasteiger partial charge is 0.392 e. The Hall–Kier alpha value is -1.48. The van der Waals surface area contributed by atoms with Gasteiger partial charge in [0.25, 0.3) is 5.92 Å². The van der Waals surface area contributed by atoms with Gasteiger partial charge in [-0.3, -0.25) is 0 Å². The van der Waals surface area contributed by atoms with E-state index in [1.807, 2.05) is 58.1 Å². The van der Waals surface area contributed by atoms with Gasteiger partial charge in [-0.15, -0.1) is 0 Å². The molecular weight excluding hydrogens is 294 g/mol. The van der Waals surface area contributed by atoms with Crippen LogP contribution in [0.2, 0.25) is 0 Å². The standard InChI is InChI=1S/C20H28F2O/c1-15(7-6-8-16(2)11-14-23)9-10-18-17(3)20(21,22)13-12-19(18,4)5/h6-11,23H,12-14H2,1-5H3/b8-6+,10-9+,15-7-,16-11-. The molecule has 128 valence electrons. The van der Waals surface area contributed by atoms with Crippen molar-refractivity contribution in [1.82, 2.24) is 0 Å². The molecule has 0 amide bonds. The molecule has 0 heterocycles. The van der Waals surface area contributed by atoms with Crippen molar-refractivity contribution in [2.75, 3.05) is 6.61 Å². The monoisotopic (exact) mass is 322 g/mol. The molecule has 0 aromatic rings. The van der Waals surface area contributed by atoms with Crippen molar-refractivity contribution in [2.45, 2.75) is 53.4 Å². The molecule has 1 nitrogen and oxygen atoms in total. The number of halogens is 2. The summed E-state index contributed by atoms with van der Waals surface area (Å²) in [5.41, 5.74) is 2.67. The Labute approximate surface area is 138 Å². The highest BCUT2D eigenvalue weighted by molar-refractivity contribution is 5.39. The maximum absolute atomic E-state index is 13.9. The van der Waals surface area contributed by atoms with Gasteiger partial charge in [0.05, 0.1) is 6.61 Å². The molecular formula is C20H28F2O. The van der Waals surface area contributed by atoms with E-state index in [9.17, 15) is 8.78 Å². The van der Waals surface area contributed by atoms with Gasteiger partial charge in [0.1, 0.15) is 0 Å². The Kier molecular flexibility index (Phi) is 6.69. The SMILES string of the molecule is CC1=C(/C=C/C(C)=C\C=C\C(C)=C/CO)C(C)(C)CCC1(F)F. The minimum Gasteiger partial charge on any atom is -0.392 e. The molecule has 0 fully saturated rings. The molecule has 0 aliphatic heterocycles. The summed E-state index contributed by atoms with van der Waals surface area (Å²) in [6, 6.07) is 0. The molecule has 0 aromatic carbocycles. The van der Waals surface area contributed by atoms with Gasteiger partial charge < -0.3 is 5.11 Å². The van der Waals surface area contributed by atoms with E-state index >= 15 is 0 Å². The first-order valence-corrected chi connectivity index (χ1v) is 8.00. The molecule has 1 aliphatic carbocycles. The third kappa shape index (κ3) is 5.58. The normalized spacial score (nSPS) is 22.4. The molecule has 1 N–H and O–H groups in total. The van der Waals surface area contributed by atoms with Gasteiger partial charge in [-0.25, -0.2) is 8.78 Å². The number of rotatable bonds is 5. The first-order valence-electron chi connectivity index (χ1n) is 8.00. The lowest BCUT2D eigenvalue weighted by Crippen LogP contribution is -2.31. The predicted molar refractivity (Wildman–Crippen MR) is 93.5 cm³/mol. The van der Waals surface area contributed by atoms with Gasteiger partial charge in [0, 0.05) is 6.42 Å². The molecule has 23 heavy (non-hydrogen) atoms. The van der Waals surface area contributed by atoms with Crippen molar-refractivity contribution in [1.29, 1.82) is 0 Å². The van der Waals surface area contributed by atoms with Crippen LogP contribution in [0.25, 0.3) is 0 Å². The van der Waals surface area contributed by atoms with Gasteiger partial charge in [-0.1, -0.05) is 61.4 Å². The van der Waals surface area contributed by atoms with Crippen LogP contribution in [0.4, 0.5) is 8.78 Å². The fourth-order valence-corrected chi connectivity index (χ4v) is 2.68. The van der Waals surface area contributed by atoms with Gasteiger partial charge >= 0.3 is 0 Å². The van der Waals surface area contributed by atoms with Crippen molar-refractivity contribution < 1.29 is 13.9 Å². The summed E-state index contributed by atoms with van der Waals surface area (Å²) in [4.78, 5) is 0. The molecule has 1 rings (SSSR count). The zero-order valence-corrected chi connectivity index (χ0v) is 14.8. The lowest BCUT2D eigenvalue weighted by molar-refractivity contribution is 0.00976. The molecule has 0 bridgehead atoms. The smallest absolute Gasteiger partial charge is 0.269 e. The van der Waals surface area contributed by atoms with E-state index < -0.39 is 5.92 Å². The van der Waals surface area contributed by atoms with E-state index in [2.05, 4.69) is 0 Å². The second-order valence-corrected chi connectivity index (χ2v) is 6.86. The zero-order valence-electron chi connectivity index (χ0n) is 14.8. The summed E-state index contributed by atoms with van der Waals surface area (Å²) in [6.45, 7) is 9.46. The van der Waals surface area contributed by atoms with E-state index in [1.165, 1.54) is 0 Å². The van der Waals surface area contributed by atoms with Crippen molar-refractivity contribution in [2.24, 2.45) is 5.41 Å². The van der Waals surface area contributed by atoms with Crippen molar-refractivity contribution >= 4 is 0 Å². The summed E-state index contributed by atoms with van der Waals surface area (Å²) in [5, 5.41) is 8.79. The van der Waals surface area contributed by atoms with Crippen LogP contribution in [-0.2, 0) is 0 Å². The highest BCUT2D eigenvalue weighted by Crippen LogP contribution is 2.47. The first-order chi connectivity index (χ1) is 10.6. The quantitative estimate of drug-likeness (QED) is 0.638. The highest BCUT2D eigenvalue weighted by Gasteiger charge is 2.42. The highest BCUT2D eigenvalue weighted by atomic mass is 19.3. The van der Waals surface area contributed by atoms with Crippen LogP contribution in [0, 0.1) is 5.41 Å². The number of alkyl halides is 2. The van der Waals surface area contributed by atoms with E-state index in [0.717, 1.165) is 16.7 Å². The van der Waals surface area contributed by atoms with Crippen LogP contribution in [0.1, 0.15) is 47.5 Å². The number of allylic oxidation sites excluding steroid dienone is 9. The van der Waals surface area contributed by atoms with Crippen molar-refractivity contribution in [3.63, 3.8) is 0 Å². The minimum absolute atomic E-state index is 0.0233. The molecule has 0 radical (unpaired) electrons. The average Bonchev–Trinajstić information content (AvgIpc) is 2.44. The topological polar surface area (TPSA) is 20.2 Å². The van der Waals surface area contributed by atoms with Crippen molar-refractivity contribution in [3.8, 4) is 0 Å². The van der Waals surface area contributed by atoms with Gasteiger partial charge in [0.2, 0.25) is 0 Å². The molecule has 0 aromatic heterocycles. The van der Waals surface area contributed by atoms with Crippen LogP contribution < -0.4 is 0 Å². The Morgan fingerprint density at radius 2 is 1.78 bits per heavy atom. The Morgan fingerprint density at radius 1 is 1.13 bits per heavy atom. The Bertz CT molecular complexity index is 572. The van der Waals surface area contributed by atoms with Crippen LogP contribution in [0.15, 0.2) is 58.7 Å². The first kappa shape index (κ1) is 19.6. The fraction of sp³-hybridized carbons (Fsp3) is 0.500. The summed E-state index contributed by atoms with van der Waals surface area (Å²) in [7, 11) is 0. The summed E-state index contributed by atoms with van der Waals surface area (Å²) in [6.07, 6.45) is 11.6. The van der Waals surface area contributed by atoms with Gasteiger partial charge in [0.15, 0.2) is 0 Å². The minimum atomic E-state index is -2.70. The van der Waals surface area contributed by atoms with E-state index in [-0.39, 0.29) is 24.0 Å². The van der Waals surface area contributed by atoms with Crippen LogP contribution in [0.3, 0.4) is 0 Å². The van der Waals surface area contributed by atoms with E-state index in [4.69, 9.17) is 5.11 Å². The molecule has 3 heteroatoms. The average molecular weight is 322 g/mol. The number of aliphatic hydroxyl groups is 1. The number of aliphatic hydroxyl groups excluding tert-OH is 1. The second-order valence-electron chi connectivity index (χ2n) is 6.86. The van der Waals surface area contributed by atoms with Crippen molar-refractivity contribution in [3.05, 3.63) is 58.7 Å². The van der Waals surface area contributed by atoms with Crippen LogP contribution in [-0.4, -0.2) is 17.6 Å². The summed E-state index contributed by atoms with van der Waals surface area (Å²) >= 11 is 0. The second kappa shape index (κ2) is 7.87. The molecule has 0 spiro atoms. The third-order valence-corrected chi connectivity index (χ3v) is 4.39. The predicted octanol–water partition coefficient (Wildman–Crippen LogP) is 5.76. The molecule has 0 saturated heterocycles. The van der Waals surface area contributed by atoms with Crippen LogP contribution >= 0.6 is 0 Å². The van der Waals surface area contributed by atoms with E-state index in [0.29, 0.717) is 6.42 Å². The van der Waals surface area contributed by atoms with Gasteiger partial charge in [-0.2, -0.15) is 0 Å². The lowest BCUT2D eigenvalue weighted by atomic mass is 9.71. The van der Waals surface area contributed by atoms with Gasteiger partial charge in [-0.05, 0) is 43.8 Å². The third-order valence-electron chi connectivity index (χ3n) is 4.39. The molecule has 0 unspecified atom stereocenters. The van der Waals surface area contributed by atoms with Crippen LogP contribution in [0.5, 0.6) is 0 Å². The Morgan fingerprint density at radius 3 is 2.39 bits per heavy atom. The fourth-order valence-electron chi connectivity index (χ4n) is 2.68.